The van der Waals surface area contributed by atoms with Crippen LogP contribution in [-0.4, -0.2) is 35.8 Å². The molecule has 140 valence electrons. The van der Waals surface area contributed by atoms with Gasteiger partial charge in [-0.3, -0.25) is 4.90 Å². The second kappa shape index (κ2) is 9.29. The zero-order valence-electron chi connectivity index (χ0n) is 14.4. The first-order chi connectivity index (χ1) is 12.5. The van der Waals surface area contributed by atoms with E-state index < -0.39 is 6.10 Å². The predicted molar refractivity (Wildman–Crippen MR) is 107 cm³/mol. The van der Waals surface area contributed by atoms with Gasteiger partial charge in [0.2, 0.25) is 0 Å². The Hall–Kier alpha value is -0.970. The van der Waals surface area contributed by atoms with Crippen molar-refractivity contribution in [3.05, 3.63) is 63.1 Å². The predicted octanol–water partition coefficient (Wildman–Crippen LogP) is 5.30. The third-order valence-corrected chi connectivity index (χ3v) is 5.79. The van der Waals surface area contributed by atoms with Crippen LogP contribution >= 0.6 is 34.8 Å². The molecule has 3 nitrogen and oxygen atoms in total. The number of likely N-dealkylation sites (tertiary alicyclic amines) is 1. The molecule has 1 aliphatic rings. The van der Waals surface area contributed by atoms with Gasteiger partial charge in [0.1, 0.15) is 12.4 Å². The number of aliphatic hydroxyl groups is 1. The van der Waals surface area contributed by atoms with Gasteiger partial charge in [0, 0.05) is 11.6 Å². The highest BCUT2D eigenvalue weighted by molar-refractivity contribution is 6.42. The second-order valence-electron chi connectivity index (χ2n) is 6.69. The van der Waals surface area contributed by atoms with Gasteiger partial charge in [0.15, 0.2) is 0 Å². The Bertz CT molecular complexity index is 715. The molecule has 1 unspecified atom stereocenters. The number of ether oxygens (including phenoxy) is 1. The molecule has 1 aliphatic heterocycles. The Kier molecular flexibility index (Phi) is 7.07. The number of hydrogen-bond donors (Lipinski definition) is 1. The summed E-state index contributed by atoms with van der Waals surface area (Å²) in [6.07, 6.45) is 1.44. The molecule has 0 amide bonds. The first kappa shape index (κ1) is 19.8. The van der Waals surface area contributed by atoms with Crippen molar-refractivity contribution >= 4 is 34.8 Å². The SMILES string of the molecule is OC(COc1ccc(Cl)cc1)C1CCN(Cc2ccc(Cl)c(Cl)c2)CC1. The zero-order valence-corrected chi connectivity index (χ0v) is 16.6. The van der Waals surface area contributed by atoms with E-state index in [0.29, 0.717) is 21.7 Å². The molecule has 1 atom stereocenters. The minimum atomic E-state index is -0.460. The Morgan fingerprint density at radius 1 is 1.00 bits per heavy atom. The first-order valence-corrected chi connectivity index (χ1v) is 9.87. The van der Waals surface area contributed by atoms with Gasteiger partial charge in [0.25, 0.3) is 0 Å². The molecule has 1 saturated heterocycles. The molecule has 1 N–H and O–H groups in total. The highest BCUT2D eigenvalue weighted by Gasteiger charge is 2.25. The van der Waals surface area contributed by atoms with E-state index in [1.54, 1.807) is 12.1 Å². The fourth-order valence-electron chi connectivity index (χ4n) is 3.24. The lowest BCUT2D eigenvalue weighted by atomic mass is 9.91. The van der Waals surface area contributed by atoms with E-state index in [1.165, 1.54) is 0 Å². The van der Waals surface area contributed by atoms with Gasteiger partial charge in [-0.15, -0.1) is 0 Å². The summed E-state index contributed by atoms with van der Waals surface area (Å²) in [7, 11) is 0. The number of aliphatic hydroxyl groups excluding tert-OH is 1. The summed E-state index contributed by atoms with van der Waals surface area (Å²) >= 11 is 17.9. The van der Waals surface area contributed by atoms with Crippen LogP contribution in [0, 0.1) is 5.92 Å². The van der Waals surface area contributed by atoms with Gasteiger partial charge in [-0.05, 0) is 73.8 Å². The summed E-state index contributed by atoms with van der Waals surface area (Å²) < 4.78 is 5.67. The Balaban J connectivity index is 1.43. The van der Waals surface area contributed by atoms with E-state index in [4.69, 9.17) is 39.5 Å². The van der Waals surface area contributed by atoms with E-state index in [2.05, 4.69) is 4.90 Å². The summed E-state index contributed by atoms with van der Waals surface area (Å²) in [6, 6.07) is 13.0. The monoisotopic (exact) mass is 413 g/mol. The molecule has 3 rings (SSSR count). The number of nitrogens with zero attached hydrogens (tertiary/aromatic N) is 1. The van der Waals surface area contributed by atoms with Crippen molar-refractivity contribution < 1.29 is 9.84 Å². The largest absolute Gasteiger partial charge is 0.491 e. The summed E-state index contributed by atoms with van der Waals surface area (Å²) in [5, 5.41) is 12.3. The van der Waals surface area contributed by atoms with Crippen LogP contribution in [0.1, 0.15) is 18.4 Å². The lowest BCUT2D eigenvalue weighted by Gasteiger charge is -2.34. The van der Waals surface area contributed by atoms with Crippen LogP contribution < -0.4 is 4.74 Å². The van der Waals surface area contributed by atoms with Crippen molar-refractivity contribution in [3.63, 3.8) is 0 Å². The van der Waals surface area contributed by atoms with Crippen LogP contribution in [0.2, 0.25) is 15.1 Å². The quantitative estimate of drug-likeness (QED) is 0.696. The highest BCUT2D eigenvalue weighted by Crippen LogP contribution is 2.26. The van der Waals surface area contributed by atoms with E-state index in [0.717, 1.165) is 43.8 Å². The van der Waals surface area contributed by atoms with Gasteiger partial charge in [-0.1, -0.05) is 40.9 Å². The van der Waals surface area contributed by atoms with Crippen LogP contribution in [0.4, 0.5) is 0 Å². The Morgan fingerprint density at radius 3 is 2.35 bits per heavy atom. The third-order valence-electron chi connectivity index (χ3n) is 4.80. The lowest BCUT2D eigenvalue weighted by Crippen LogP contribution is -2.39. The molecule has 2 aromatic carbocycles. The van der Waals surface area contributed by atoms with Crippen molar-refractivity contribution in [2.75, 3.05) is 19.7 Å². The van der Waals surface area contributed by atoms with Gasteiger partial charge >= 0.3 is 0 Å². The van der Waals surface area contributed by atoms with Crippen molar-refractivity contribution in [1.82, 2.24) is 4.90 Å². The zero-order chi connectivity index (χ0) is 18.5. The maximum absolute atomic E-state index is 10.4. The minimum absolute atomic E-state index is 0.257. The number of rotatable bonds is 6. The van der Waals surface area contributed by atoms with Crippen LogP contribution in [0.15, 0.2) is 42.5 Å². The van der Waals surface area contributed by atoms with E-state index in [-0.39, 0.29) is 5.92 Å². The molecule has 0 saturated carbocycles. The highest BCUT2D eigenvalue weighted by atomic mass is 35.5. The fourth-order valence-corrected chi connectivity index (χ4v) is 3.69. The minimum Gasteiger partial charge on any atom is -0.491 e. The van der Waals surface area contributed by atoms with Crippen LogP contribution in [0.3, 0.4) is 0 Å². The summed E-state index contributed by atoms with van der Waals surface area (Å²) in [6.45, 7) is 3.05. The molecule has 0 bridgehead atoms. The maximum atomic E-state index is 10.4. The molecule has 6 heteroatoms. The van der Waals surface area contributed by atoms with Crippen LogP contribution in [0.5, 0.6) is 5.75 Å². The summed E-state index contributed by atoms with van der Waals surface area (Å²) in [4.78, 5) is 2.38. The lowest BCUT2D eigenvalue weighted by molar-refractivity contribution is 0.0245. The van der Waals surface area contributed by atoms with Crippen molar-refractivity contribution in [2.45, 2.75) is 25.5 Å². The molecule has 2 aromatic rings. The second-order valence-corrected chi connectivity index (χ2v) is 7.95. The Labute approximate surface area is 169 Å². The summed E-state index contributed by atoms with van der Waals surface area (Å²) in [5.74, 6) is 0.984. The standard InChI is InChI=1S/C20H22Cl3NO2/c21-16-2-4-17(5-3-16)26-13-20(25)15-7-9-24(10-8-15)12-14-1-6-18(22)19(23)11-14/h1-6,11,15,20,25H,7-10,12-13H2. The number of halogens is 3. The van der Waals surface area contributed by atoms with E-state index in [9.17, 15) is 5.11 Å². The topological polar surface area (TPSA) is 32.7 Å². The summed E-state index contributed by atoms with van der Waals surface area (Å²) in [5.41, 5.74) is 1.16. The van der Waals surface area contributed by atoms with Crippen molar-refractivity contribution in [3.8, 4) is 5.75 Å². The average molecular weight is 415 g/mol. The van der Waals surface area contributed by atoms with E-state index >= 15 is 0 Å². The smallest absolute Gasteiger partial charge is 0.119 e. The van der Waals surface area contributed by atoms with Gasteiger partial charge in [-0.25, -0.2) is 0 Å². The molecule has 0 spiro atoms. The molecule has 0 aromatic heterocycles. The third kappa shape index (κ3) is 5.51. The molecule has 0 radical (unpaired) electrons. The molecular formula is C20H22Cl3NO2. The molecule has 1 heterocycles. The fraction of sp³-hybridized carbons (Fsp3) is 0.400. The van der Waals surface area contributed by atoms with Gasteiger partial charge in [0.05, 0.1) is 16.1 Å². The number of benzene rings is 2. The van der Waals surface area contributed by atoms with Gasteiger partial charge < -0.3 is 9.84 Å². The number of piperidine rings is 1. The first-order valence-electron chi connectivity index (χ1n) is 8.74. The molecule has 1 fully saturated rings. The molecule has 0 aliphatic carbocycles. The van der Waals surface area contributed by atoms with Crippen LogP contribution in [0.25, 0.3) is 0 Å². The van der Waals surface area contributed by atoms with Crippen molar-refractivity contribution in [1.29, 1.82) is 0 Å². The normalized spacial score (nSPS) is 17.2. The number of hydrogen-bond acceptors (Lipinski definition) is 3. The Morgan fingerprint density at radius 2 is 1.69 bits per heavy atom. The maximum Gasteiger partial charge on any atom is 0.119 e. The molecule has 26 heavy (non-hydrogen) atoms. The average Bonchev–Trinajstić information content (AvgIpc) is 2.65. The van der Waals surface area contributed by atoms with Gasteiger partial charge in [-0.2, -0.15) is 0 Å². The van der Waals surface area contributed by atoms with Crippen LogP contribution in [-0.2, 0) is 6.54 Å². The van der Waals surface area contributed by atoms with Crippen molar-refractivity contribution in [2.24, 2.45) is 5.92 Å². The van der Waals surface area contributed by atoms with E-state index in [1.807, 2.05) is 30.3 Å². The molecular weight excluding hydrogens is 393 g/mol.